The van der Waals surface area contributed by atoms with Crippen molar-refractivity contribution in [2.45, 2.75) is 25.6 Å². The Labute approximate surface area is 123 Å². The largest absolute Gasteiger partial charge is 0.478 e. The molecule has 0 fully saturated rings. The molecule has 0 heterocycles. The predicted molar refractivity (Wildman–Crippen MR) is 79.2 cm³/mol. The molecule has 3 N–H and O–H groups in total. The van der Waals surface area contributed by atoms with Gasteiger partial charge in [0.25, 0.3) is 0 Å². The van der Waals surface area contributed by atoms with Crippen molar-refractivity contribution in [3.63, 3.8) is 0 Å². The molecule has 0 aromatic heterocycles. The molecule has 0 radical (unpaired) electrons. The minimum absolute atomic E-state index is 0.211. The van der Waals surface area contributed by atoms with Crippen LogP contribution in [0.1, 0.15) is 27.0 Å². The summed E-state index contributed by atoms with van der Waals surface area (Å²) in [4.78, 5) is 10.9. The summed E-state index contributed by atoms with van der Waals surface area (Å²) < 4.78 is 0. The van der Waals surface area contributed by atoms with Crippen molar-refractivity contribution in [1.82, 2.24) is 0 Å². The first-order valence-electron chi connectivity index (χ1n) is 6.81. The van der Waals surface area contributed by atoms with Gasteiger partial charge in [-0.25, -0.2) is 4.79 Å². The van der Waals surface area contributed by atoms with Crippen LogP contribution in [0, 0.1) is 0 Å². The van der Waals surface area contributed by atoms with Gasteiger partial charge in [0.05, 0.1) is 5.56 Å². The Morgan fingerprint density at radius 2 is 1.48 bits per heavy atom. The maximum atomic E-state index is 10.9. The molecule has 0 aliphatic heterocycles. The van der Waals surface area contributed by atoms with E-state index in [1.807, 2.05) is 30.3 Å². The van der Waals surface area contributed by atoms with Crippen LogP contribution >= 0.6 is 0 Å². The topological polar surface area (TPSA) is 77.8 Å². The van der Waals surface area contributed by atoms with Crippen LogP contribution in [-0.4, -0.2) is 27.6 Å². The van der Waals surface area contributed by atoms with Crippen molar-refractivity contribution in [2.24, 2.45) is 0 Å². The summed E-state index contributed by atoms with van der Waals surface area (Å²) >= 11 is 0. The van der Waals surface area contributed by atoms with Crippen LogP contribution in [0.25, 0.3) is 0 Å². The number of carboxylic acids is 1. The zero-order valence-corrected chi connectivity index (χ0v) is 11.6. The lowest BCUT2D eigenvalue weighted by atomic mass is 10.0. The summed E-state index contributed by atoms with van der Waals surface area (Å²) in [6.07, 6.45) is 0.389. The molecule has 0 aliphatic rings. The summed E-state index contributed by atoms with van der Waals surface area (Å²) in [6.45, 7) is 0. The molecular weight excluding hydrogens is 268 g/mol. The normalized spacial score (nSPS) is 10.8. The van der Waals surface area contributed by atoms with Crippen molar-refractivity contribution in [3.05, 3.63) is 70.8 Å². The molecule has 21 heavy (non-hydrogen) atoms. The second-order valence-electron chi connectivity index (χ2n) is 5.01. The molecule has 0 saturated heterocycles. The third-order valence-corrected chi connectivity index (χ3v) is 3.29. The number of hydrogen-bond donors (Lipinski definition) is 3. The van der Waals surface area contributed by atoms with Gasteiger partial charge in [0.15, 0.2) is 6.29 Å². The van der Waals surface area contributed by atoms with Gasteiger partial charge < -0.3 is 15.3 Å². The number of hydrogen-bond acceptors (Lipinski definition) is 3. The number of carboxylic acid groups (broad SMARTS) is 1. The van der Waals surface area contributed by atoms with Gasteiger partial charge in [0.1, 0.15) is 0 Å². The number of carbonyl (C=O) groups is 1. The molecule has 4 heteroatoms. The van der Waals surface area contributed by atoms with E-state index < -0.39 is 12.3 Å². The quantitative estimate of drug-likeness (QED) is 0.710. The Kier molecular flexibility index (Phi) is 5.09. The van der Waals surface area contributed by atoms with E-state index in [4.69, 9.17) is 15.3 Å². The number of rotatable bonds is 6. The van der Waals surface area contributed by atoms with E-state index in [0.29, 0.717) is 5.56 Å². The van der Waals surface area contributed by atoms with E-state index in [2.05, 4.69) is 0 Å². The average Bonchev–Trinajstić information content (AvgIpc) is 2.45. The molecule has 110 valence electrons. The molecule has 0 aliphatic carbocycles. The van der Waals surface area contributed by atoms with E-state index >= 15 is 0 Å². The summed E-state index contributed by atoms with van der Waals surface area (Å²) in [6, 6.07) is 14.6. The highest BCUT2D eigenvalue weighted by atomic mass is 16.5. The monoisotopic (exact) mass is 286 g/mol. The van der Waals surface area contributed by atoms with Gasteiger partial charge in [-0.15, -0.1) is 0 Å². The average molecular weight is 286 g/mol. The molecule has 2 aromatic carbocycles. The van der Waals surface area contributed by atoms with Crippen LogP contribution in [0.15, 0.2) is 48.5 Å². The zero-order chi connectivity index (χ0) is 15.2. The first-order valence-corrected chi connectivity index (χ1v) is 6.81. The van der Waals surface area contributed by atoms with E-state index in [1.165, 1.54) is 0 Å². The van der Waals surface area contributed by atoms with Gasteiger partial charge in [0.2, 0.25) is 0 Å². The molecule has 0 atom stereocenters. The van der Waals surface area contributed by atoms with Gasteiger partial charge in [-0.05, 0) is 41.7 Å². The van der Waals surface area contributed by atoms with Gasteiger partial charge in [0, 0.05) is 6.42 Å². The Morgan fingerprint density at radius 3 is 2.10 bits per heavy atom. The van der Waals surface area contributed by atoms with Crippen LogP contribution in [0.2, 0.25) is 0 Å². The number of aryl methyl sites for hydroxylation is 2. The highest BCUT2D eigenvalue weighted by molar-refractivity contribution is 5.87. The van der Waals surface area contributed by atoms with E-state index in [0.717, 1.165) is 29.5 Å². The summed E-state index contributed by atoms with van der Waals surface area (Å²) in [7, 11) is 0. The summed E-state index contributed by atoms with van der Waals surface area (Å²) in [5.74, 6) is -0.921. The van der Waals surface area contributed by atoms with Crippen molar-refractivity contribution >= 4 is 5.97 Å². The fourth-order valence-electron chi connectivity index (χ4n) is 2.27. The molecule has 0 saturated carbocycles. The third-order valence-electron chi connectivity index (χ3n) is 3.29. The van der Waals surface area contributed by atoms with Crippen molar-refractivity contribution in [3.8, 4) is 0 Å². The minimum atomic E-state index is -1.34. The molecule has 2 aromatic rings. The number of aliphatic hydroxyl groups is 2. The van der Waals surface area contributed by atoms with Crippen molar-refractivity contribution in [2.75, 3.05) is 0 Å². The molecule has 2 rings (SSSR count). The second-order valence-corrected chi connectivity index (χ2v) is 5.01. The minimum Gasteiger partial charge on any atom is -0.478 e. The van der Waals surface area contributed by atoms with E-state index in [-0.39, 0.29) is 6.42 Å². The van der Waals surface area contributed by atoms with Crippen molar-refractivity contribution < 1.29 is 20.1 Å². The fraction of sp³-hybridized carbons (Fsp3) is 0.235. The summed E-state index contributed by atoms with van der Waals surface area (Å²) in [5.41, 5.74) is 3.24. The summed E-state index contributed by atoms with van der Waals surface area (Å²) in [5, 5.41) is 26.9. The second kappa shape index (κ2) is 7.02. The third kappa shape index (κ3) is 4.70. The smallest absolute Gasteiger partial charge is 0.335 e. The highest BCUT2D eigenvalue weighted by Crippen LogP contribution is 2.12. The molecule has 0 bridgehead atoms. The van der Waals surface area contributed by atoms with E-state index in [9.17, 15) is 4.79 Å². The van der Waals surface area contributed by atoms with Crippen LogP contribution in [0.3, 0.4) is 0 Å². The molecular formula is C17H18O4. The number of benzene rings is 2. The SMILES string of the molecule is O=C(O)c1cccc(CCc2cccc(CC(O)O)c2)c1. The first kappa shape index (κ1) is 15.2. The van der Waals surface area contributed by atoms with Crippen LogP contribution in [-0.2, 0) is 19.3 Å². The fourth-order valence-corrected chi connectivity index (χ4v) is 2.27. The Bertz CT molecular complexity index is 620. The number of aromatic carboxylic acids is 1. The van der Waals surface area contributed by atoms with Gasteiger partial charge in [-0.3, -0.25) is 0 Å². The lowest BCUT2D eigenvalue weighted by Crippen LogP contribution is -2.08. The molecule has 4 nitrogen and oxygen atoms in total. The van der Waals surface area contributed by atoms with Crippen LogP contribution in [0.5, 0.6) is 0 Å². The van der Waals surface area contributed by atoms with Gasteiger partial charge >= 0.3 is 5.97 Å². The van der Waals surface area contributed by atoms with E-state index in [1.54, 1.807) is 18.2 Å². The lowest BCUT2D eigenvalue weighted by molar-refractivity contribution is -0.0381. The molecule has 0 spiro atoms. The highest BCUT2D eigenvalue weighted by Gasteiger charge is 2.05. The maximum absolute atomic E-state index is 10.9. The lowest BCUT2D eigenvalue weighted by Gasteiger charge is -2.07. The Balaban J connectivity index is 2.02. The number of aliphatic hydroxyl groups excluding tert-OH is 1. The standard InChI is InChI=1S/C17H18O4/c18-16(19)11-14-5-1-3-12(9-14)7-8-13-4-2-6-15(10-13)17(20)21/h1-6,9-10,16,18-19H,7-8,11H2,(H,20,21). The first-order chi connectivity index (χ1) is 10.0. The molecule has 0 unspecified atom stereocenters. The maximum Gasteiger partial charge on any atom is 0.335 e. The van der Waals surface area contributed by atoms with Gasteiger partial charge in [-0.1, -0.05) is 36.4 Å². The van der Waals surface area contributed by atoms with Gasteiger partial charge in [-0.2, -0.15) is 0 Å². The predicted octanol–water partition coefficient (Wildman–Crippen LogP) is 2.02. The molecule has 0 amide bonds. The Hall–Kier alpha value is -2.17. The van der Waals surface area contributed by atoms with Crippen LogP contribution in [0.4, 0.5) is 0 Å². The Morgan fingerprint density at radius 1 is 0.905 bits per heavy atom. The van der Waals surface area contributed by atoms with Crippen LogP contribution < -0.4 is 0 Å². The zero-order valence-electron chi connectivity index (χ0n) is 11.6. The van der Waals surface area contributed by atoms with Crippen molar-refractivity contribution in [1.29, 1.82) is 0 Å².